The van der Waals surface area contributed by atoms with Gasteiger partial charge >= 0.3 is 0 Å². The Morgan fingerprint density at radius 3 is 2.38 bits per heavy atom. The van der Waals surface area contributed by atoms with Crippen molar-refractivity contribution in [2.45, 2.75) is 45.6 Å². The summed E-state index contributed by atoms with van der Waals surface area (Å²) in [5, 5.41) is 2.41. The average Bonchev–Trinajstić information content (AvgIpc) is 2.54. The highest BCUT2D eigenvalue weighted by atomic mass is 16.5. The molecular formula is C12H21NO3. The Labute approximate surface area is 96.7 Å². The molecule has 1 N–H and O–H groups in total. The number of nitrogens with one attached hydrogen (secondary N) is 1. The summed E-state index contributed by atoms with van der Waals surface area (Å²) in [6.07, 6.45) is 3.44. The second-order valence-electron chi connectivity index (χ2n) is 4.32. The van der Waals surface area contributed by atoms with Crippen molar-refractivity contribution in [1.29, 1.82) is 0 Å². The van der Waals surface area contributed by atoms with Crippen molar-refractivity contribution in [3.05, 3.63) is 0 Å². The van der Waals surface area contributed by atoms with Crippen LogP contribution in [-0.4, -0.2) is 25.0 Å². The van der Waals surface area contributed by atoms with Crippen molar-refractivity contribution in [3.8, 4) is 0 Å². The molecule has 2 amide bonds. The SMILES string of the molecule is CCC(CCC1C(=O)NC(=O)C1CC)OC. The van der Waals surface area contributed by atoms with Crippen LogP contribution in [0.5, 0.6) is 0 Å². The van der Waals surface area contributed by atoms with Crippen molar-refractivity contribution < 1.29 is 14.3 Å². The number of imide groups is 1. The van der Waals surface area contributed by atoms with Gasteiger partial charge in [-0.25, -0.2) is 0 Å². The second kappa shape index (κ2) is 5.99. The Balaban J connectivity index is 2.51. The third kappa shape index (κ3) is 2.82. The van der Waals surface area contributed by atoms with Gasteiger partial charge in [0.1, 0.15) is 0 Å². The van der Waals surface area contributed by atoms with Crippen molar-refractivity contribution in [1.82, 2.24) is 5.32 Å². The fourth-order valence-corrected chi connectivity index (χ4v) is 2.33. The van der Waals surface area contributed by atoms with Crippen LogP contribution in [0.3, 0.4) is 0 Å². The van der Waals surface area contributed by atoms with Crippen molar-refractivity contribution >= 4 is 11.8 Å². The van der Waals surface area contributed by atoms with Crippen LogP contribution in [0.25, 0.3) is 0 Å². The molecule has 0 aromatic heterocycles. The van der Waals surface area contributed by atoms with Crippen LogP contribution in [0.4, 0.5) is 0 Å². The molecule has 0 saturated carbocycles. The molecule has 4 heteroatoms. The number of ether oxygens (including phenoxy) is 1. The quantitative estimate of drug-likeness (QED) is 0.699. The number of hydrogen-bond acceptors (Lipinski definition) is 3. The highest BCUT2D eigenvalue weighted by Gasteiger charge is 2.39. The van der Waals surface area contributed by atoms with Crippen molar-refractivity contribution in [2.24, 2.45) is 11.8 Å². The van der Waals surface area contributed by atoms with E-state index in [2.05, 4.69) is 12.2 Å². The molecule has 0 bridgehead atoms. The number of methoxy groups -OCH3 is 1. The largest absolute Gasteiger partial charge is 0.381 e. The molecule has 4 nitrogen and oxygen atoms in total. The van der Waals surface area contributed by atoms with Gasteiger partial charge in [0, 0.05) is 13.0 Å². The van der Waals surface area contributed by atoms with Gasteiger partial charge in [0.15, 0.2) is 0 Å². The predicted octanol–water partition coefficient (Wildman–Crippen LogP) is 1.49. The van der Waals surface area contributed by atoms with E-state index >= 15 is 0 Å². The van der Waals surface area contributed by atoms with Crippen LogP contribution in [0.15, 0.2) is 0 Å². The molecular weight excluding hydrogens is 206 g/mol. The summed E-state index contributed by atoms with van der Waals surface area (Å²) in [5.41, 5.74) is 0. The Kier molecular flexibility index (Phi) is 4.93. The molecule has 1 heterocycles. The second-order valence-corrected chi connectivity index (χ2v) is 4.32. The molecule has 1 aliphatic rings. The maximum atomic E-state index is 11.6. The minimum atomic E-state index is -0.151. The third-order valence-corrected chi connectivity index (χ3v) is 3.43. The lowest BCUT2D eigenvalue weighted by molar-refractivity contribution is -0.126. The lowest BCUT2D eigenvalue weighted by Gasteiger charge is -2.17. The molecule has 3 unspecified atom stereocenters. The number of amides is 2. The van der Waals surface area contributed by atoms with E-state index in [9.17, 15) is 9.59 Å². The molecule has 0 aromatic rings. The molecule has 16 heavy (non-hydrogen) atoms. The van der Waals surface area contributed by atoms with Gasteiger partial charge in [-0.1, -0.05) is 13.8 Å². The standard InChI is InChI=1S/C12H21NO3/c1-4-8(16-3)6-7-10-9(5-2)11(14)13-12(10)15/h8-10H,4-7H2,1-3H3,(H,13,14,15). The Morgan fingerprint density at radius 1 is 1.25 bits per heavy atom. The molecule has 0 aromatic carbocycles. The topological polar surface area (TPSA) is 55.4 Å². The predicted molar refractivity (Wildman–Crippen MR) is 60.7 cm³/mol. The van der Waals surface area contributed by atoms with Gasteiger partial charge in [0.25, 0.3) is 0 Å². The molecule has 1 aliphatic heterocycles. The number of carbonyl (C=O) groups is 2. The zero-order valence-corrected chi connectivity index (χ0v) is 10.3. The number of rotatable bonds is 6. The molecule has 0 spiro atoms. The van der Waals surface area contributed by atoms with Gasteiger partial charge < -0.3 is 4.74 Å². The van der Waals surface area contributed by atoms with Gasteiger partial charge in [-0.15, -0.1) is 0 Å². The first-order valence-corrected chi connectivity index (χ1v) is 6.01. The summed E-state index contributed by atoms with van der Waals surface area (Å²) in [6, 6.07) is 0. The van der Waals surface area contributed by atoms with Crippen LogP contribution < -0.4 is 5.32 Å². The maximum absolute atomic E-state index is 11.6. The zero-order valence-electron chi connectivity index (χ0n) is 10.3. The number of carbonyl (C=O) groups excluding carboxylic acids is 2. The maximum Gasteiger partial charge on any atom is 0.230 e. The molecule has 1 fully saturated rings. The van der Waals surface area contributed by atoms with E-state index < -0.39 is 0 Å². The lowest BCUT2D eigenvalue weighted by Crippen LogP contribution is -2.22. The first-order chi connectivity index (χ1) is 7.63. The highest BCUT2D eigenvalue weighted by molar-refractivity contribution is 6.04. The van der Waals surface area contributed by atoms with Crippen molar-refractivity contribution in [2.75, 3.05) is 7.11 Å². The summed E-state index contributed by atoms with van der Waals surface area (Å²) in [4.78, 5) is 23.0. The Morgan fingerprint density at radius 2 is 1.88 bits per heavy atom. The van der Waals surface area contributed by atoms with Gasteiger partial charge in [-0.05, 0) is 25.7 Å². The minimum Gasteiger partial charge on any atom is -0.381 e. The number of hydrogen-bond donors (Lipinski definition) is 1. The van der Waals surface area contributed by atoms with Crippen LogP contribution in [0.1, 0.15) is 39.5 Å². The smallest absolute Gasteiger partial charge is 0.230 e. The minimum absolute atomic E-state index is 0.108. The fraction of sp³-hybridized carbons (Fsp3) is 0.833. The van der Waals surface area contributed by atoms with Gasteiger partial charge in [-0.2, -0.15) is 0 Å². The normalized spacial score (nSPS) is 26.9. The molecule has 0 aliphatic carbocycles. The first kappa shape index (κ1) is 13.2. The molecule has 0 radical (unpaired) electrons. The lowest BCUT2D eigenvalue weighted by atomic mass is 9.87. The van der Waals surface area contributed by atoms with E-state index in [1.807, 2.05) is 6.92 Å². The van der Waals surface area contributed by atoms with E-state index in [-0.39, 0.29) is 29.8 Å². The van der Waals surface area contributed by atoms with E-state index in [1.54, 1.807) is 7.11 Å². The van der Waals surface area contributed by atoms with Crippen LogP contribution in [0.2, 0.25) is 0 Å². The summed E-state index contributed by atoms with van der Waals surface area (Å²) < 4.78 is 5.27. The summed E-state index contributed by atoms with van der Waals surface area (Å²) in [7, 11) is 1.69. The van der Waals surface area contributed by atoms with E-state index in [4.69, 9.17) is 4.74 Å². The summed E-state index contributed by atoms with van der Waals surface area (Å²) in [5.74, 6) is -0.505. The molecule has 1 saturated heterocycles. The van der Waals surface area contributed by atoms with Gasteiger partial charge in [-0.3, -0.25) is 14.9 Å². The molecule has 1 rings (SSSR count). The molecule has 3 atom stereocenters. The van der Waals surface area contributed by atoms with Crippen molar-refractivity contribution in [3.63, 3.8) is 0 Å². The molecule has 92 valence electrons. The summed E-state index contributed by atoms with van der Waals surface area (Å²) >= 11 is 0. The Hall–Kier alpha value is -0.900. The monoisotopic (exact) mass is 227 g/mol. The summed E-state index contributed by atoms with van der Waals surface area (Å²) in [6.45, 7) is 4.01. The van der Waals surface area contributed by atoms with E-state index in [1.165, 1.54) is 0 Å². The van der Waals surface area contributed by atoms with Crippen LogP contribution >= 0.6 is 0 Å². The van der Waals surface area contributed by atoms with Gasteiger partial charge in [0.2, 0.25) is 11.8 Å². The van der Waals surface area contributed by atoms with E-state index in [0.29, 0.717) is 0 Å². The highest BCUT2D eigenvalue weighted by Crippen LogP contribution is 2.27. The van der Waals surface area contributed by atoms with Crippen LogP contribution in [-0.2, 0) is 14.3 Å². The third-order valence-electron chi connectivity index (χ3n) is 3.43. The Bertz CT molecular complexity index is 261. The average molecular weight is 227 g/mol. The van der Waals surface area contributed by atoms with E-state index in [0.717, 1.165) is 25.7 Å². The van der Waals surface area contributed by atoms with Gasteiger partial charge in [0.05, 0.1) is 12.0 Å². The van der Waals surface area contributed by atoms with Crippen LogP contribution in [0, 0.1) is 11.8 Å². The first-order valence-electron chi connectivity index (χ1n) is 6.01. The fourth-order valence-electron chi connectivity index (χ4n) is 2.33. The zero-order chi connectivity index (χ0) is 12.1.